The molecule has 2 N–H and O–H groups in total. The van der Waals surface area contributed by atoms with Gasteiger partial charge in [0.15, 0.2) is 0 Å². The van der Waals surface area contributed by atoms with Gasteiger partial charge < -0.3 is 10.6 Å². The first-order valence-electron chi connectivity index (χ1n) is 5.76. The molecule has 1 rings (SSSR count). The van der Waals surface area contributed by atoms with E-state index < -0.39 is 10.8 Å². The molecule has 0 spiro atoms. The van der Waals surface area contributed by atoms with Crippen LogP contribution in [0.2, 0.25) is 0 Å². The van der Waals surface area contributed by atoms with Gasteiger partial charge in [-0.15, -0.1) is 0 Å². The molecule has 0 unspecified atom stereocenters. The van der Waals surface area contributed by atoms with E-state index in [2.05, 4.69) is 10.6 Å². The molecule has 4 nitrogen and oxygen atoms in total. The van der Waals surface area contributed by atoms with Gasteiger partial charge in [-0.3, -0.25) is 9.00 Å². The van der Waals surface area contributed by atoms with Crippen molar-refractivity contribution >= 4 is 16.7 Å². The van der Waals surface area contributed by atoms with Crippen LogP contribution in [0.15, 0.2) is 0 Å². The normalized spacial score (nSPS) is 26.4. The number of hydrogen-bond acceptors (Lipinski definition) is 3. The largest absolute Gasteiger partial charge is 0.350 e. The standard InChI is InChI=1S/C11H22N2O2S/c1-11(2,3)13-10(14)8-12-9-4-6-16(15)7-5-9/h9,12H,4-8H2,1-3H3,(H,13,14). The number of carbonyl (C=O) groups is 1. The van der Waals surface area contributed by atoms with Gasteiger partial charge in [-0.25, -0.2) is 0 Å². The van der Waals surface area contributed by atoms with Crippen molar-refractivity contribution in [2.45, 2.75) is 45.2 Å². The molecule has 1 heterocycles. The van der Waals surface area contributed by atoms with Gasteiger partial charge in [-0.2, -0.15) is 0 Å². The Labute approximate surface area is 100 Å². The van der Waals surface area contributed by atoms with E-state index in [-0.39, 0.29) is 11.4 Å². The van der Waals surface area contributed by atoms with Crippen LogP contribution in [0, 0.1) is 0 Å². The van der Waals surface area contributed by atoms with Crippen LogP contribution in [0.25, 0.3) is 0 Å². The fraction of sp³-hybridized carbons (Fsp3) is 0.909. The van der Waals surface area contributed by atoms with Gasteiger partial charge >= 0.3 is 0 Å². The van der Waals surface area contributed by atoms with E-state index in [1.165, 1.54) is 0 Å². The molecule has 94 valence electrons. The summed E-state index contributed by atoms with van der Waals surface area (Å²) < 4.78 is 11.1. The lowest BCUT2D eigenvalue weighted by atomic mass is 10.1. The van der Waals surface area contributed by atoms with Crippen molar-refractivity contribution in [2.24, 2.45) is 0 Å². The second-order valence-corrected chi connectivity index (χ2v) is 7.00. The molecule has 0 aromatic heterocycles. The summed E-state index contributed by atoms with van der Waals surface area (Å²) in [6.45, 7) is 6.26. The zero-order valence-electron chi connectivity index (χ0n) is 10.3. The Kier molecular flexibility index (Phi) is 4.92. The minimum absolute atomic E-state index is 0.0270. The highest BCUT2D eigenvalue weighted by Crippen LogP contribution is 2.08. The molecule has 0 bridgehead atoms. The zero-order chi connectivity index (χ0) is 12.2. The predicted octanol–water partition coefficient (Wildman–Crippen LogP) is 0.402. The number of nitrogens with one attached hydrogen (secondary N) is 2. The molecule has 1 amide bonds. The molecule has 1 aliphatic heterocycles. The van der Waals surface area contributed by atoms with Crippen molar-refractivity contribution in [3.8, 4) is 0 Å². The van der Waals surface area contributed by atoms with Crippen LogP contribution in [-0.2, 0) is 15.6 Å². The fourth-order valence-corrected chi connectivity index (χ4v) is 3.00. The molecule has 0 saturated carbocycles. The van der Waals surface area contributed by atoms with E-state index in [1.54, 1.807) is 0 Å². The number of amides is 1. The highest BCUT2D eigenvalue weighted by atomic mass is 32.2. The van der Waals surface area contributed by atoms with Crippen LogP contribution in [0.5, 0.6) is 0 Å². The van der Waals surface area contributed by atoms with Crippen molar-refractivity contribution in [1.82, 2.24) is 10.6 Å². The first-order valence-corrected chi connectivity index (χ1v) is 7.25. The van der Waals surface area contributed by atoms with Gasteiger partial charge in [0.25, 0.3) is 0 Å². The topological polar surface area (TPSA) is 58.2 Å². The Morgan fingerprint density at radius 2 is 1.88 bits per heavy atom. The maximum atomic E-state index is 11.5. The summed E-state index contributed by atoms with van der Waals surface area (Å²) in [7, 11) is -0.632. The summed E-state index contributed by atoms with van der Waals surface area (Å²) in [6, 6.07) is 0.350. The average Bonchev–Trinajstić information content (AvgIpc) is 2.14. The summed E-state index contributed by atoms with van der Waals surface area (Å²) in [6.07, 6.45) is 1.82. The van der Waals surface area contributed by atoms with E-state index in [1.807, 2.05) is 20.8 Å². The lowest BCUT2D eigenvalue weighted by Crippen LogP contribution is -2.47. The van der Waals surface area contributed by atoms with Crippen LogP contribution in [-0.4, -0.2) is 39.7 Å². The van der Waals surface area contributed by atoms with E-state index in [0.29, 0.717) is 12.6 Å². The van der Waals surface area contributed by atoms with E-state index >= 15 is 0 Å². The minimum atomic E-state index is -0.632. The van der Waals surface area contributed by atoms with Crippen molar-refractivity contribution in [2.75, 3.05) is 18.1 Å². The smallest absolute Gasteiger partial charge is 0.234 e. The second kappa shape index (κ2) is 5.77. The van der Waals surface area contributed by atoms with Crippen molar-refractivity contribution < 1.29 is 9.00 Å². The zero-order valence-corrected chi connectivity index (χ0v) is 11.2. The molecule has 0 atom stereocenters. The number of hydrogen-bond donors (Lipinski definition) is 2. The molecule has 1 fully saturated rings. The number of rotatable bonds is 3. The van der Waals surface area contributed by atoms with Gasteiger partial charge in [0, 0.05) is 33.9 Å². The maximum Gasteiger partial charge on any atom is 0.234 e. The van der Waals surface area contributed by atoms with Gasteiger partial charge in [0.2, 0.25) is 5.91 Å². The molecule has 0 aromatic rings. The van der Waals surface area contributed by atoms with E-state index in [4.69, 9.17) is 0 Å². The Hall–Kier alpha value is -0.420. The third-order valence-electron chi connectivity index (χ3n) is 2.45. The quantitative estimate of drug-likeness (QED) is 0.758. The second-order valence-electron chi connectivity index (χ2n) is 5.30. The lowest BCUT2D eigenvalue weighted by Gasteiger charge is -2.24. The van der Waals surface area contributed by atoms with Crippen LogP contribution in [0.3, 0.4) is 0 Å². The highest BCUT2D eigenvalue weighted by molar-refractivity contribution is 7.85. The third-order valence-corrected chi connectivity index (χ3v) is 3.84. The predicted molar refractivity (Wildman–Crippen MR) is 66.8 cm³/mol. The minimum Gasteiger partial charge on any atom is -0.350 e. The summed E-state index contributed by atoms with van der Waals surface area (Å²) in [5.74, 6) is 1.55. The maximum absolute atomic E-state index is 11.5. The molecular weight excluding hydrogens is 224 g/mol. The molecule has 0 radical (unpaired) electrons. The first-order chi connectivity index (χ1) is 7.37. The van der Waals surface area contributed by atoms with E-state index in [0.717, 1.165) is 24.3 Å². The molecule has 1 saturated heterocycles. The monoisotopic (exact) mass is 246 g/mol. The van der Waals surface area contributed by atoms with E-state index in [9.17, 15) is 9.00 Å². The van der Waals surface area contributed by atoms with Gasteiger partial charge in [-0.05, 0) is 33.6 Å². The van der Waals surface area contributed by atoms with Crippen LogP contribution >= 0.6 is 0 Å². The number of carbonyl (C=O) groups excluding carboxylic acids is 1. The summed E-state index contributed by atoms with van der Waals surface area (Å²) in [4.78, 5) is 11.5. The van der Waals surface area contributed by atoms with Crippen LogP contribution < -0.4 is 10.6 Å². The molecule has 0 aliphatic carbocycles. The average molecular weight is 246 g/mol. The Morgan fingerprint density at radius 1 is 1.31 bits per heavy atom. The summed E-state index contributed by atoms with van der Waals surface area (Å²) >= 11 is 0. The van der Waals surface area contributed by atoms with Gasteiger partial charge in [0.1, 0.15) is 0 Å². The summed E-state index contributed by atoms with van der Waals surface area (Å²) in [5, 5.41) is 6.12. The Bertz CT molecular complexity index is 264. The molecule has 5 heteroatoms. The Balaban J connectivity index is 2.19. The molecule has 16 heavy (non-hydrogen) atoms. The lowest BCUT2D eigenvalue weighted by molar-refractivity contribution is -0.121. The van der Waals surface area contributed by atoms with Crippen LogP contribution in [0.4, 0.5) is 0 Å². The first kappa shape index (κ1) is 13.6. The van der Waals surface area contributed by atoms with Crippen LogP contribution in [0.1, 0.15) is 33.6 Å². The van der Waals surface area contributed by atoms with Gasteiger partial charge in [-0.1, -0.05) is 0 Å². The molecular formula is C11H22N2O2S. The molecule has 0 aromatic carbocycles. The van der Waals surface area contributed by atoms with Crippen molar-refractivity contribution in [1.29, 1.82) is 0 Å². The van der Waals surface area contributed by atoms with Gasteiger partial charge in [0.05, 0.1) is 6.54 Å². The summed E-state index contributed by atoms with van der Waals surface area (Å²) in [5.41, 5.74) is -0.174. The SMILES string of the molecule is CC(C)(C)NC(=O)CNC1CCS(=O)CC1. The Morgan fingerprint density at radius 3 is 2.38 bits per heavy atom. The van der Waals surface area contributed by atoms with Crippen molar-refractivity contribution in [3.63, 3.8) is 0 Å². The highest BCUT2D eigenvalue weighted by Gasteiger charge is 2.19. The fourth-order valence-electron chi connectivity index (χ4n) is 1.70. The molecule has 1 aliphatic rings. The van der Waals surface area contributed by atoms with Crippen molar-refractivity contribution in [3.05, 3.63) is 0 Å². The third kappa shape index (κ3) is 5.61.